The van der Waals surface area contributed by atoms with Gasteiger partial charge in [-0.1, -0.05) is 18.2 Å². The van der Waals surface area contributed by atoms with Crippen LogP contribution in [0.25, 0.3) is 0 Å². The number of aryl methyl sites for hydroxylation is 3. The van der Waals surface area contributed by atoms with Gasteiger partial charge in [-0.25, -0.2) is 4.79 Å². The van der Waals surface area contributed by atoms with Gasteiger partial charge in [-0.2, -0.15) is 0 Å². The summed E-state index contributed by atoms with van der Waals surface area (Å²) in [5.74, 6) is -2.72. The summed E-state index contributed by atoms with van der Waals surface area (Å²) < 4.78 is 0. The van der Waals surface area contributed by atoms with E-state index in [9.17, 15) is 24.3 Å². The van der Waals surface area contributed by atoms with Crippen LogP contribution in [0, 0.1) is 20.8 Å². The molecular formula is C26H29N3O5. The Bertz CT molecular complexity index is 1130. The van der Waals surface area contributed by atoms with E-state index < -0.39 is 23.8 Å². The Balaban J connectivity index is 1.37. The minimum absolute atomic E-state index is 0.0486. The largest absolute Gasteiger partial charge is 0.480 e. The molecule has 8 heteroatoms. The van der Waals surface area contributed by atoms with E-state index in [0.717, 1.165) is 4.90 Å². The highest BCUT2D eigenvalue weighted by Gasteiger charge is 2.42. The first-order chi connectivity index (χ1) is 16.2. The molecule has 0 aromatic heterocycles. The molecule has 0 aliphatic carbocycles. The highest BCUT2D eigenvalue weighted by molar-refractivity contribution is 6.22. The van der Waals surface area contributed by atoms with Crippen LogP contribution in [0.1, 0.15) is 50.2 Å². The third-order valence-electron chi connectivity index (χ3n) is 6.84. The molecule has 0 radical (unpaired) electrons. The van der Waals surface area contributed by atoms with Crippen LogP contribution in [0.2, 0.25) is 0 Å². The van der Waals surface area contributed by atoms with Crippen molar-refractivity contribution < 1.29 is 24.3 Å². The van der Waals surface area contributed by atoms with Gasteiger partial charge in [0.25, 0.3) is 11.8 Å². The SMILES string of the molecule is Cc1cc(C)c(N2CCN(C(=O)CC[C@@H](C(=O)O)N3C(=O)c4ccccc4C3=O)CC2)cc1C. The Morgan fingerprint density at radius 1 is 0.882 bits per heavy atom. The maximum atomic E-state index is 12.9. The summed E-state index contributed by atoms with van der Waals surface area (Å²) >= 11 is 0. The predicted molar refractivity (Wildman–Crippen MR) is 127 cm³/mol. The number of imide groups is 1. The van der Waals surface area contributed by atoms with Gasteiger partial charge in [-0.3, -0.25) is 19.3 Å². The van der Waals surface area contributed by atoms with Crippen LogP contribution >= 0.6 is 0 Å². The molecule has 2 heterocycles. The molecule has 2 aliphatic heterocycles. The molecule has 1 fully saturated rings. The van der Waals surface area contributed by atoms with Gasteiger partial charge in [0.1, 0.15) is 6.04 Å². The van der Waals surface area contributed by atoms with Gasteiger partial charge in [-0.15, -0.1) is 0 Å². The molecule has 0 saturated carbocycles. The van der Waals surface area contributed by atoms with Crippen molar-refractivity contribution in [1.29, 1.82) is 0 Å². The molecule has 4 rings (SSSR count). The van der Waals surface area contributed by atoms with Crippen LogP contribution in [0.5, 0.6) is 0 Å². The zero-order chi connectivity index (χ0) is 24.6. The number of rotatable bonds is 6. The van der Waals surface area contributed by atoms with E-state index in [1.54, 1.807) is 17.0 Å². The van der Waals surface area contributed by atoms with Gasteiger partial charge in [-0.05, 0) is 62.1 Å². The van der Waals surface area contributed by atoms with Crippen LogP contribution in [0.4, 0.5) is 5.69 Å². The quantitative estimate of drug-likeness (QED) is 0.662. The molecule has 1 atom stereocenters. The number of carbonyl (C=O) groups excluding carboxylic acids is 3. The average Bonchev–Trinajstić information content (AvgIpc) is 3.07. The second kappa shape index (κ2) is 9.29. The Hall–Kier alpha value is -3.68. The smallest absolute Gasteiger partial charge is 0.326 e. The number of fused-ring (bicyclic) bond motifs is 1. The van der Waals surface area contributed by atoms with Crippen LogP contribution in [0.3, 0.4) is 0 Å². The first-order valence-electron chi connectivity index (χ1n) is 11.5. The standard InChI is InChI=1S/C26H29N3O5/c1-16-14-18(3)22(15-17(16)2)27-10-12-28(13-11-27)23(30)9-8-21(26(33)34)29-24(31)19-6-4-5-7-20(19)25(29)32/h4-7,14-15,21H,8-13H2,1-3H3,(H,33,34)/t21-/m0/s1. The number of carbonyl (C=O) groups is 4. The lowest BCUT2D eigenvalue weighted by molar-refractivity contribution is -0.142. The molecule has 34 heavy (non-hydrogen) atoms. The fourth-order valence-corrected chi connectivity index (χ4v) is 4.75. The topological polar surface area (TPSA) is 98.2 Å². The number of aliphatic carboxylic acids is 1. The molecule has 178 valence electrons. The minimum Gasteiger partial charge on any atom is -0.480 e. The molecular weight excluding hydrogens is 434 g/mol. The summed E-state index contributed by atoms with van der Waals surface area (Å²) in [4.78, 5) is 54.9. The maximum absolute atomic E-state index is 12.9. The highest BCUT2D eigenvalue weighted by Crippen LogP contribution is 2.27. The lowest BCUT2D eigenvalue weighted by Gasteiger charge is -2.37. The maximum Gasteiger partial charge on any atom is 0.326 e. The van der Waals surface area contributed by atoms with E-state index in [4.69, 9.17) is 0 Å². The lowest BCUT2D eigenvalue weighted by Crippen LogP contribution is -2.50. The van der Waals surface area contributed by atoms with E-state index in [0.29, 0.717) is 26.2 Å². The van der Waals surface area contributed by atoms with E-state index in [1.807, 2.05) is 0 Å². The van der Waals surface area contributed by atoms with Crippen LogP contribution in [-0.2, 0) is 9.59 Å². The van der Waals surface area contributed by atoms with Crippen molar-refractivity contribution in [2.45, 2.75) is 39.7 Å². The van der Waals surface area contributed by atoms with Crippen molar-refractivity contribution in [2.75, 3.05) is 31.1 Å². The van der Waals surface area contributed by atoms with E-state index >= 15 is 0 Å². The van der Waals surface area contributed by atoms with E-state index in [-0.39, 0.29) is 29.9 Å². The number of carboxylic acids is 1. The number of benzene rings is 2. The van der Waals surface area contributed by atoms with Crippen molar-refractivity contribution >= 4 is 29.4 Å². The number of nitrogens with zero attached hydrogens (tertiary/aromatic N) is 3. The normalized spacial score (nSPS) is 16.6. The zero-order valence-electron chi connectivity index (χ0n) is 19.7. The molecule has 0 unspecified atom stereocenters. The highest BCUT2D eigenvalue weighted by atomic mass is 16.4. The first kappa shape index (κ1) is 23.5. The number of piperazine rings is 1. The summed E-state index contributed by atoms with van der Waals surface area (Å²) in [5, 5.41) is 9.72. The third-order valence-corrected chi connectivity index (χ3v) is 6.84. The first-order valence-corrected chi connectivity index (χ1v) is 11.5. The fourth-order valence-electron chi connectivity index (χ4n) is 4.75. The third kappa shape index (κ3) is 4.27. The average molecular weight is 464 g/mol. The van der Waals surface area contributed by atoms with Gasteiger partial charge >= 0.3 is 5.97 Å². The van der Waals surface area contributed by atoms with E-state index in [1.165, 1.54) is 34.5 Å². The summed E-state index contributed by atoms with van der Waals surface area (Å²) in [6, 6.07) is 9.26. The molecule has 0 bridgehead atoms. The van der Waals surface area contributed by atoms with Crippen LogP contribution in [-0.4, -0.2) is 70.8 Å². The van der Waals surface area contributed by atoms with Gasteiger partial charge in [0.2, 0.25) is 5.91 Å². The van der Waals surface area contributed by atoms with Gasteiger partial charge in [0, 0.05) is 38.3 Å². The second-order valence-corrected chi connectivity index (χ2v) is 9.01. The van der Waals surface area contributed by atoms with Gasteiger partial charge in [0.15, 0.2) is 0 Å². The summed E-state index contributed by atoms with van der Waals surface area (Å²) in [7, 11) is 0. The molecule has 1 saturated heterocycles. The van der Waals surface area contributed by atoms with Crippen molar-refractivity contribution in [1.82, 2.24) is 9.80 Å². The summed E-state index contributed by atoms with van der Waals surface area (Å²) in [5.41, 5.74) is 5.25. The predicted octanol–water partition coefficient (Wildman–Crippen LogP) is 2.79. The molecule has 2 aromatic carbocycles. The number of carboxylic acid groups (broad SMARTS) is 1. The zero-order valence-corrected chi connectivity index (χ0v) is 19.7. The molecule has 0 spiro atoms. The van der Waals surface area contributed by atoms with E-state index in [2.05, 4.69) is 37.8 Å². The number of anilines is 1. The molecule has 3 amide bonds. The molecule has 8 nitrogen and oxygen atoms in total. The van der Waals surface area contributed by atoms with Crippen molar-refractivity contribution in [2.24, 2.45) is 0 Å². The van der Waals surface area contributed by atoms with Crippen molar-refractivity contribution in [3.8, 4) is 0 Å². The Morgan fingerprint density at radius 3 is 2.00 bits per heavy atom. The van der Waals surface area contributed by atoms with Gasteiger partial charge < -0.3 is 14.9 Å². The minimum atomic E-state index is -1.38. The van der Waals surface area contributed by atoms with Crippen molar-refractivity contribution in [3.63, 3.8) is 0 Å². The van der Waals surface area contributed by atoms with Crippen molar-refractivity contribution in [3.05, 3.63) is 64.2 Å². The summed E-state index contributed by atoms with van der Waals surface area (Å²) in [6.45, 7) is 8.72. The Labute approximate surface area is 198 Å². The Morgan fingerprint density at radius 2 is 1.44 bits per heavy atom. The molecule has 1 N–H and O–H groups in total. The number of hydrogen-bond donors (Lipinski definition) is 1. The van der Waals surface area contributed by atoms with Crippen LogP contribution in [0.15, 0.2) is 36.4 Å². The monoisotopic (exact) mass is 463 g/mol. The summed E-state index contributed by atoms with van der Waals surface area (Å²) in [6.07, 6.45) is -0.164. The lowest BCUT2D eigenvalue weighted by atomic mass is 10.0. The van der Waals surface area contributed by atoms with Gasteiger partial charge in [0.05, 0.1) is 11.1 Å². The number of hydrogen-bond acceptors (Lipinski definition) is 5. The molecule has 2 aromatic rings. The Kier molecular flexibility index (Phi) is 6.41. The van der Waals surface area contributed by atoms with Crippen LogP contribution < -0.4 is 4.90 Å². The number of amides is 3. The fraction of sp³-hybridized carbons (Fsp3) is 0.385. The molecule has 2 aliphatic rings. The second-order valence-electron chi connectivity index (χ2n) is 9.01.